The predicted molar refractivity (Wildman–Crippen MR) is 66.7 cm³/mol. The second-order valence-electron chi connectivity index (χ2n) is 3.42. The molecule has 3 N–H and O–H groups in total. The van der Waals surface area contributed by atoms with Crippen LogP contribution in [0.2, 0.25) is 0 Å². The Morgan fingerprint density at radius 3 is 3.00 bits per heavy atom. The Morgan fingerprint density at radius 1 is 1.56 bits per heavy atom. The molecule has 0 amide bonds. The van der Waals surface area contributed by atoms with Gasteiger partial charge in [0.05, 0.1) is 19.3 Å². The van der Waals surface area contributed by atoms with Crippen LogP contribution in [0.25, 0.3) is 5.69 Å². The highest BCUT2D eigenvalue weighted by Gasteiger charge is 2.08. The number of hydrogen-bond donors (Lipinski definition) is 2. The Labute approximate surface area is 103 Å². The first kappa shape index (κ1) is 12.0. The molecule has 18 heavy (non-hydrogen) atoms. The molecule has 0 aliphatic heterocycles. The summed E-state index contributed by atoms with van der Waals surface area (Å²) >= 11 is 0. The first-order chi connectivity index (χ1) is 8.76. The average molecular weight is 244 g/mol. The van der Waals surface area contributed by atoms with Crippen LogP contribution >= 0.6 is 0 Å². The van der Waals surface area contributed by atoms with Gasteiger partial charge in [-0.1, -0.05) is 11.8 Å². The zero-order chi connectivity index (χ0) is 13.0. The third-order valence-corrected chi connectivity index (χ3v) is 2.33. The van der Waals surface area contributed by atoms with E-state index in [4.69, 9.17) is 10.5 Å². The van der Waals surface area contributed by atoms with Crippen molar-refractivity contribution >= 4 is 0 Å². The fourth-order valence-corrected chi connectivity index (χ4v) is 1.53. The van der Waals surface area contributed by atoms with E-state index >= 15 is 0 Å². The van der Waals surface area contributed by atoms with E-state index in [1.807, 2.05) is 0 Å². The maximum Gasteiger partial charge on any atom is 0.347 e. The SMILES string of the molecule is COc1ccc(C#CCN)cc1-n1cn[nH]c1=O. The lowest BCUT2D eigenvalue weighted by atomic mass is 10.2. The van der Waals surface area contributed by atoms with Gasteiger partial charge in [0.25, 0.3) is 0 Å². The lowest BCUT2D eigenvalue weighted by Gasteiger charge is -2.08. The number of nitrogens with one attached hydrogen (secondary N) is 1. The molecule has 0 atom stereocenters. The molecule has 6 heteroatoms. The van der Waals surface area contributed by atoms with Gasteiger partial charge >= 0.3 is 5.69 Å². The Kier molecular flexibility index (Phi) is 3.46. The molecule has 1 aromatic heterocycles. The minimum Gasteiger partial charge on any atom is -0.495 e. The molecule has 1 heterocycles. The highest BCUT2D eigenvalue weighted by molar-refractivity contribution is 5.52. The van der Waals surface area contributed by atoms with Crippen molar-refractivity contribution in [1.82, 2.24) is 14.8 Å². The molecule has 0 saturated heterocycles. The molecule has 2 aromatic rings. The summed E-state index contributed by atoms with van der Waals surface area (Å²) in [5.74, 6) is 6.22. The lowest BCUT2D eigenvalue weighted by molar-refractivity contribution is 0.412. The van der Waals surface area contributed by atoms with Crippen molar-refractivity contribution < 1.29 is 4.74 Å². The van der Waals surface area contributed by atoms with Gasteiger partial charge in [0.15, 0.2) is 0 Å². The molecule has 0 saturated carbocycles. The van der Waals surface area contributed by atoms with Crippen LogP contribution in [0.4, 0.5) is 0 Å². The molecule has 92 valence electrons. The highest BCUT2D eigenvalue weighted by atomic mass is 16.5. The van der Waals surface area contributed by atoms with Crippen LogP contribution < -0.4 is 16.2 Å². The molecule has 0 aliphatic rings. The van der Waals surface area contributed by atoms with E-state index in [9.17, 15) is 4.79 Å². The minimum atomic E-state index is -0.336. The largest absolute Gasteiger partial charge is 0.495 e. The maximum absolute atomic E-state index is 11.5. The first-order valence-corrected chi connectivity index (χ1v) is 5.25. The van der Waals surface area contributed by atoms with Gasteiger partial charge in [0.1, 0.15) is 12.1 Å². The molecule has 1 aromatic carbocycles. The van der Waals surface area contributed by atoms with Gasteiger partial charge in [-0.15, -0.1) is 0 Å². The minimum absolute atomic E-state index is 0.285. The summed E-state index contributed by atoms with van der Waals surface area (Å²) in [7, 11) is 1.54. The smallest absolute Gasteiger partial charge is 0.347 e. The van der Waals surface area contributed by atoms with Crippen LogP contribution in [-0.2, 0) is 0 Å². The van der Waals surface area contributed by atoms with Crippen molar-refractivity contribution in [2.24, 2.45) is 5.73 Å². The Morgan fingerprint density at radius 2 is 2.39 bits per heavy atom. The number of ether oxygens (including phenoxy) is 1. The number of benzene rings is 1. The summed E-state index contributed by atoms with van der Waals surface area (Å²) in [6.45, 7) is 0.285. The van der Waals surface area contributed by atoms with Gasteiger partial charge in [-0.3, -0.25) is 0 Å². The van der Waals surface area contributed by atoms with Crippen molar-refractivity contribution in [3.05, 3.63) is 40.6 Å². The van der Waals surface area contributed by atoms with Crippen LogP contribution in [0.5, 0.6) is 5.75 Å². The van der Waals surface area contributed by atoms with Gasteiger partial charge in [0, 0.05) is 5.56 Å². The normalized spacial score (nSPS) is 9.67. The topological polar surface area (TPSA) is 85.9 Å². The molecule has 0 bridgehead atoms. The van der Waals surface area contributed by atoms with Gasteiger partial charge in [-0.05, 0) is 18.2 Å². The summed E-state index contributed by atoms with van der Waals surface area (Å²) < 4.78 is 6.56. The van der Waals surface area contributed by atoms with Crippen LogP contribution in [0.3, 0.4) is 0 Å². The Hall–Kier alpha value is -2.52. The summed E-state index contributed by atoms with van der Waals surface area (Å²) in [6.07, 6.45) is 1.39. The standard InChI is InChI=1S/C12H12N4O2/c1-18-11-5-4-9(3-2-6-13)7-10(11)16-8-14-15-12(16)17/h4-5,7-8H,6,13H2,1H3,(H,15,17). The van der Waals surface area contributed by atoms with Crippen molar-refractivity contribution in [1.29, 1.82) is 0 Å². The lowest BCUT2D eigenvalue weighted by Crippen LogP contribution is -2.15. The van der Waals surface area contributed by atoms with Crippen LogP contribution in [0.15, 0.2) is 29.3 Å². The highest BCUT2D eigenvalue weighted by Crippen LogP contribution is 2.22. The maximum atomic E-state index is 11.5. The number of methoxy groups -OCH3 is 1. The number of nitrogens with two attached hydrogens (primary N) is 1. The summed E-state index contributed by atoms with van der Waals surface area (Å²) in [5, 5.41) is 6.01. The fourth-order valence-electron chi connectivity index (χ4n) is 1.53. The van der Waals surface area contributed by atoms with E-state index in [-0.39, 0.29) is 12.2 Å². The van der Waals surface area contributed by atoms with Crippen molar-refractivity contribution in [3.63, 3.8) is 0 Å². The quantitative estimate of drug-likeness (QED) is 0.721. The second kappa shape index (κ2) is 5.21. The second-order valence-corrected chi connectivity index (χ2v) is 3.42. The number of aromatic amines is 1. The average Bonchev–Trinajstić information content (AvgIpc) is 2.82. The molecule has 0 unspecified atom stereocenters. The predicted octanol–water partition coefficient (Wildman–Crippen LogP) is -0.121. The molecule has 6 nitrogen and oxygen atoms in total. The number of nitrogens with zero attached hydrogens (tertiary/aromatic N) is 2. The van der Waals surface area contributed by atoms with Crippen LogP contribution in [0.1, 0.15) is 5.56 Å². The molecule has 0 spiro atoms. The third-order valence-electron chi connectivity index (χ3n) is 2.33. The monoisotopic (exact) mass is 244 g/mol. The van der Waals surface area contributed by atoms with E-state index in [2.05, 4.69) is 22.0 Å². The number of hydrogen-bond acceptors (Lipinski definition) is 4. The zero-order valence-corrected chi connectivity index (χ0v) is 9.80. The summed E-state index contributed by atoms with van der Waals surface area (Å²) in [5.41, 5.74) is 6.32. The van der Waals surface area contributed by atoms with Gasteiger partial charge < -0.3 is 10.5 Å². The van der Waals surface area contributed by atoms with E-state index in [0.717, 1.165) is 5.56 Å². The van der Waals surface area contributed by atoms with E-state index in [1.54, 1.807) is 18.2 Å². The molecular formula is C12H12N4O2. The summed E-state index contributed by atoms with van der Waals surface area (Å²) in [6, 6.07) is 5.30. The van der Waals surface area contributed by atoms with Crippen molar-refractivity contribution in [2.45, 2.75) is 0 Å². The van der Waals surface area contributed by atoms with Crippen LogP contribution in [-0.4, -0.2) is 28.4 Å². The fraction of sp³-hybridized carbons (Fsp3) is 0.167. The van der Waals surface area contributed by atoms with Gasteiger partial charge in [-0.25, -0.2) is 14.5 Å². The Balaban J connectivity index is 2.56. The van der Waals surface area contributed by atoms with Gasteiger partial charge in [0.2, 0.25) is 0 Å². The molecule has 2 rings (SSSR count). The third kappa shape index (κ3) is 2.26. The molecule has 0 radical (unpaired) electrons. The molecular weight excluding hydrogens is 232 g/mol. The molecule has 0 fully saturated rings. The van der Waals surface area contributed by atoms with Crippen LogP contribution in [0, 0.1) is 11.8 Å². The van der Waals surface area contributed by atoms with E-state index in [0.29, 0.717) is 11.4 Å². The van der Waals surface area contributed by atoms with E-state index < -0.39 is 0 Å². The van der Waals surface area contributed by atoms with E-state index in [1.165, 1.54) is 18.0 Å². The summed E-state index contributed by atoms with van der Waals surface area (Å²) in [4.78, 5) is 11.5. The van der Waals surface area contributed by atoms with Crippen molar-refractivity contribution in [2.75, 3.05) is 13.7 Å². The number of H-pyrrole nitrogens is 1. The van der Waals surface area contributed by atoms with Gasteiger partial charge in [-0.2, -0.15) is 5.10 Å². The number of rotatable bonds is 2. The molecule has 0 aliphatic carbocycles. The first-order valence-electron chi connectivity index (χ1n) is 5.25. The van der Waals surface area contributed by atoms with Crippen molar-refractivity contribution in [3.8, 4) is 23.3 Å². The number of aromatic nitrogens is 3. The zero-order valence-electron chi connectivity index (χ0n) is 9.80. The Bertz CT molecular complexity index is 660.